The highest BCUT2D eigenvalue weighted by atomic mass is 35.5. The van der Waals surface area contributed by atoms with E-state index in [0.717, 1.165) is 0 Å². The molecular weight excluding hydrogens is 228 g/mol. The van der Waals surface area contributed by atoms with Crippen molar-refractivity contribution < 1.29 is 4.74 Å². The van der Waals surface area contributed by atoms with E-state index in [-0.39, 0.29) is 5.02 Å². The third kappa shape index (κ3) is 2.76. The lowest BCUT2D eigenvalue weighted by Gasteiger charge is -2.21. The molecule has 0 aliphatic heterocycles. The van der Waals surface area contributed by atoms with E-state index in [1.165, 1.54) is 38.3 Å². The van der Waals surface area contributed by atoms with Gasteiger partial charge in [-0.05, 0) is 18.8 Å². The number of hydrogen-bond acceptors (Lipinski definition) is 3. The van der Waals surface area contributed by atoms with Gasteiger partial charge < -0.3 is 4.74 Å². The first kappa shape index (κ1) is 11.5. The molecule has 1 N–H and O–H groups in total. The van der Waals surface area contributed by atoms with Crippen LogP contribution in [-0.4, -0.2) is 16.8 Å². The molecule has 1 aliphatic rings. The van der Waals surface area contributed by atoms with Crippen LogP contribution in [0.15, 0.2) is 11.0 Å². The number of rotatable bonds is 3. The standard InChI is InChI=1S/C11H15ClN2O2/c12-10-9(6-13-14-11(10)15)16-7-8-4-2-1-3-5-8/h6,8H,1-5,7H2,(H,14,15). The number of halogens is 1. The van der Waals surface area contributed by atoms with E-state index in [1.54, 1.807) is 0 Å². The zero-order valence-corrected chi connectivity index (χ0v) is 9.79. The van der Waals surface area contributed by atoms with Crippen LogP contribution in [0.1, 0.15) is 32.1 Å². The summed E-state index contributed by atoms with van der Waals surface area (Å²) in [6, 6.07) is 0. The Balaban J connectivity index is 1.93. The SMILES string of the molecule is O=c1[nH]ncc(OCC2CCCCC2)c1Cl. The van der Waals surface area contributed by atoms with E-state index in [4.69, 9.17) is 16.3 Å². The Kier molecular flexibility index (Phi) is 3.83. The molecule has 1 aliphatic carbocycles. The van der Waals surface area contributed by atoms with Crippen molar-refractivity contribution in [2.45, 2.75) is 32.1 Å². The van der Waals surface area contributed by atoms with Gasteiger partial charge in [0.1, 0.15) is 0 Å². The van der Waals surface area contributed by atoms with Gasteiger partial charge in [0.2, 0.25) is 0 Å². The number of hydrogen-bond donors (Lipinski definition) is 1. The Hall–Kier alpha value is -1.03. The van der Waals surface area contributed by atoms with E-state index >= 15 is 0 Å². The highest BCUT2D eigenvalue weighted by Gasteiger charge is 2.15. The fourth-order valence-corrected chi connectivity index (χ4v) is 2.17. The second kappa shape index (κ2) is 5.34. The van der Waals surface area contributed by atoms with Gasteiger partial charge in [0.25, 0.3) is 5.56 Å². The number of H-pyrrole nitrogens is 1. The molecule has 1 saturated carbocycles. The maximum atomic E-state index is 11.2. The molecule has 0 saturated heterocycles. The van der Waals surface area contributed by atoms with Crippen LogP contribution in [0.4, 0.5) is 0 Å². The Morgan fingerprint density at radius 1 is 1.44 bits per heavy atom. The predicted octanol–water partition coefficient (Wildman–Crippen LogP) is 2.38. The first-order valence-electron chi connectivity index (χ1n) is 5.63. The lowest BCUT2D eigenvalue weighted by atomic mass is 9.90. The summed E-state index contributed by atoms with van der Waals surface area (Å²) in [6.45, 7) is 0.630. The van der Waals surface area contributed by atoms with Gasteiger partial charge in [-0.2, -0.15) is 5.10 Å². The van der Waals surface area contributed by atoms with Crippen molar-refractivity contribution in [2.75, 3.05) is 6.61 Å². The van der Waals surface area contributed by atoms with E-state index in [9.17, 15) is 4.79 Å². The monoisotopic (exact) mass is 242 g/mol. The maximum absolute atomic E-state index is 11.2. The van der Waals surface area contributed by atoms with Crippen LogP contribution < -0.4 is 10.3 Å². The summed E-state index contributed by atoms with van der Waals surface area (Å²) in [5, 5.41) is 6.01. The molecule has 1 aromatic rings. The van der Waals surface area contributed by atoms with Crippen LogP contribution in [0.5, 0.6) is 5.75 Å². The molecule has 1 fully saturated rings. The van der Waals surface area contributed by atoms with Gasteiger partial charge in [0, 0.05) is 0 Å². The summed E-state index contributed by atoms with van der Waals surface area (Å²) in [7, 11) is 0. The van der Waals surface area contributed by atoms with Gasteiger partial charge in [-0.25, -0.2) is 5.10 Å². The summed E-state index contributed by atoms with van der Waals surface area (Å²) in [5.74, 6) is 0.972. The average Bonchev–Trinajstić information content (AvgIpc) is 2.32. The highest BCUT2D eigenvalue weighted by molar-refractivity contribution is 6.31. The van der Waals surface area contributed by atoms with E-state index in [0.29, 0.717) is 18.3 Å². The first-order valence-corrected chi connectivity index (χ1v) is 6.01. The molecule has 88 valence electrons. The van der Waals surface area contributed by atoms with E-state index in [2.05, 4.69) is 10.2 Å². The Morgan fingerprint density at radius 2 is 2.19 bits per heavy atom. The van der Waals surface area contributed by atoms with Crippen molar-refractivity contribution in [3.8, 4) is 5.75 Å². The lowest BCUT2D eigenvalue weighted by molar-refractivity contribution is 0.208. The average molecular weight is 243 g/mol. The van der Waals surface area contributed by atoms with Crippen LogP contribution >= 0.6 is 11.6 Å². The minimum atomic E-state index is -0.400. The van der Waals surface area contributed by atoms with Crippen LogP contribution in [-0.2, 0) is 0 Å². The van der Waals surface area contributed by atoms with Crippen LogP contribution in [0, 0.1) is 5.92 Å². The van der Waals surface area contributed by atoms with Crippen LogP contribution in [0.3, 0.4) is 0 Å². The van der Waals surface area contributed by atoms with Crippen LogP contribution in [0.25, 0.3) is 0 Å². The third-order valence-corrected chi connectivity index (χ3v) is 3.32. The van der Waals surface area contributed by atoms with Gasteiger partial charge in [0.05, 0.1) is 12.8 Å². The number of ether oxygens (including phenoxy) is 1. The topological polar surface area (TPSA) is 55.0 Å². The van der Waals surface area contributed by atoms with Gasteiger partial charge in [-0.15, -0.1) is 0 Å². The number of nitrogens with one attached hydrogen (secondary N) is 1. The zero-order valence-electron chi connectivity index (χ0n) is 9.04. The summed E-state index contributed by atoms with van der Waals surface area (Å²) in [5.41, 5.74) is -0.400. The minimum absolute atomic E-state index is 0.0887. The first-order chi connectivity index (χ1) is 7.77. The lowest BCUT2D eigenvalue weighted by Crippen LogP contribution is -2.17. The Morgan fingerprint density at radius 3 is 2.94 bits per heavy atom. The molecule has 0 bridgehead atoms. The molecule has 4 nitrogen and oxygen atoms in total. The largest absolute Gasteiger partial charge is 0.490 e. The summed E-state index contributed by atoms with van der Waals surface area (Å²) in [4.78, 5) is 11.2. The van der Waals surface area contributed by atoms with Gasteiger partial charge >= 0.3 is 0 Å². The molecular formula is C11H15ClN2O2. The van der Waals surface area contributed by atoms with E-state index in [1.807, 2.05) is 0 Å². The van der Waals surface area contributed by atoms with Gasteiger partial charge in [0.15, 0.2) is 10.8 Å². The number of aromatic nitrogens is 2. The van der Waals surface area contributed by atoms with Crippen LogP contribution in [0.2, 0.25) is 5.02 Å². The zero-order chi connectivity index (χ0) is 11.4. The Labute approximate surface area is 99.0 Å². The smallest absolute Gasteiger partial charge is 0.286 e. The highest BCUT2D eigenvalue weighted by Crippen LogP contribution is 2.25. The summed E-state index contributed by atoms with van der Waals surface area (Å²) >= 11 is 5.80. The van der Waals surface area contributed by atoms with Crippen molar-refractivity contribution >= 4 is 11.6 Å². The van der Waals surface area contributed by atoms with Crippen molar-refractivity contribution in [1.29, 1.82) is 0 Å². The molecule has 5 heteroatoms. The molecule has 2 rings (SSSR count). The quantitative estimate of drug-likeness (QED) is 0.886. The summed E-state index contributed by atoms with van der Waals surface area (Å²) < 4.78 is 5.54. The molecule has 0 unspecified atom stereocenters. The molecule has 1 heterocycles. The van der Waals surface area contributed by atoms with Crippen molar-refractivity contribution in [3.63, 3.8) is 0 Å². The number of nitrogens with zero attached hydrogens (tertiary/aromatic N) is 1. The molecule has 0 amide bonds. The predicted molar refractivity (Wildman–Crippen MR) is 61.9 cm³/mol. The van der Waals surface area contributed by atoms with E-state index < -0.39 is 5.56 Å². The van der Waals surface area contributed by atoms with Gasteiger partial charge in [-0.3, -0.25) is 4.79 Å². The fraction of sp³-hybridized carbons (Fsp3) is 0.636. The second-order valence-corrected chi connectivity index (χ2v) is 4.57. The maximum Gasteiger partial charge on any atom is 0.286 e. The molecule has 0 aromatic carbocycles. The summed E-state index contributed by atoms with van der Waals surface area (Å²) in [6.07, 6.45) is 7.73. The van der Waals surface area contributed by atoms with Crippen molar-refractivity contribution in [2.24, 2.45) is 5.92 Å². The van der Waals surface area contributed by atoms with Crippen molar-refractivity contribution in [3.05, 3.63) is 21.6 Å². The molecule has 0 spiro atoms. The van der Waals surface area contributed by atoms with Gasteiger partial charge in [-0.1, -0.05) is 30.9 Å². The van der Waals surface area contributed by atoms with Crippen molar-refractivity contribution in [1.82, 2.24) is 10.2 Å². The Bertz CT molecular complexity index is 399. The third-order valence-electron chi connectivity index (χ3n) is 2.96. The molecule has 1 aromatic heterocycles. The fourth-order valence-electron chi connectivity index (χ4n) is 2.03. The second-order valence-electron chi connectivity index (χ2n) is 4.19. The number of aromatic amines is 1. The minimum Gasteiger partial charge on any atom is -0.490 e. The molecule has 0 radical (unpaired) electrons. The molecule has 16 heavy (non-hydrogen) atoms. The normalized spacial score (nSPS) is 17.3. The molecule has 0 atom stereocenters.